The van der Waals surface area contributed by atoms with Crippen LogP contribution in [-0.2, 0) is 16.1 Å². The van der Waals surface area contributed by atoms with Crippen LogP contribution in [0.15, 0.2) is 115 Å². The smallest absolute Gasteiger partial charge is 0.263 e. The van der Waals surface area contributed by atoms with Crippen LogP contribution in [0, 0.1) is 0 Å². The van der Waals surface area contributed by atoms with Gasteiger partial charge in [-0.3, -0.25) is 9.59 Å². The summed E-state index contributed by atoms with van der Waals surface area (Å²) in [6.07, 6.45) is -0.815. The predicted molar refractivity (Wildman–Crippen MR) is 136 cm³/mol. The molecule has 0 radical (unpaired) electrons. The van der Waals surface area contributed by atoms with Gasteiger partial charge >= 0.3 is 0 Å². The summed E-state index contributed by atoms with van der Waals surface area (Å²) in [5.41, 5.74) is 3.47. The van der Waals surface area contributed by atoms with Crippen LogP contribution in [0.25, 0.3) is 0 Å². The number of nitrogens with zero attached hydrogens (tertiary/aromatic N) is 1. The zero-order chi connectivity index (χ0) is 24.0. The minimum Gasteiger partial charge on any atom is -0.477 e. The van der Waals surface area contributed by atoms with Gasteiger partial charge in [-0.2, -0.15) is 0 Å². The van der Waals surface area contributed by atoms with Crippen molar-refractivity contribution in [3.05, 3.63) is 132 Å². The predicted octanol–water partition coefficient (Wildman–Crippen LogP) is 4.93. The van der Waals surface area contributed by atoms with Gasteiger partial charge in [0.15, 0.2) is 6.10 Å². The van der Waals surface area contributed by atoms with Gasteiger partial charge in [-0.1, -0.05) is 103 Å². The molecule has 0 aliphatic carbocycles. The lowest BCUT2D eigenvalue weighted by Gasteiger charge is -2.36. The summed E-state index contributed by atoms with van der Waals surface area (Å²) in [6.45, 7) is 0.526. The maximum absolute atomic E-state index is 14.1. The van der Waals surface area contributed by atoms with Crippen molar-refractivity contribution >= 4 is 17.5 Å². The molecular weight excluding hydrogens is 436 g/mol. The van der Waals surface area contributed by atoms with Gasteiger partial charge in [0.05, 0.1) is 18.2 Å². The van der Waals surface area contributed by atoms with E-state index in [9.17, 15) is 9.59 Å². The van der Waals surface area contributed by atoms with E-state index in [4.69, 9.17) is 4.74 Å². The molecule has 0 unspecified atom stereocenters. The number of hydrogen-bond donors (Lipinski definition) is 1. The lowest BCUT2D eigenvalue weighted by Crippen LogP contribution is -2.51. The number of amides is 2. The summed E-state index contributed by atoms with van der Waals surface area (Å²) in [5.74, 6) is -0.334. The molecule has 1 heterocycles. The van der Waals surface area contributed by atoms with Crippen molar-refractivity contribution < 1.29 is 14.3 Å². The normalized spacial score (nSPS) is 14.7. The number of anilines is 1. The maximum Gasteiger partial charge on any atom is 0.263 e. The van der Waals surface area contributed by atoms with E-state index < -0.39 is 12.0 Å². The highest BCUT2D eigenvalue weighted by Gasteiger charge is 2.37. The lowest BCUT2D eigenvalue weighted by atomic mass is 9.89. The summed E-state index contributed by atoms with van der Waals surface area (Å²) < 4.78 is 6.05. The third kappa shape index (κ3) is 4.94. The van der Waals surface area contributed by atoms with Crippen LogP contribution in [0.5, 0.6) is 5.75 Å². The summed E-state index contributed by atoms with van der Waals surface area (Å²) >= 11 is 0. The summed E-state index contributed by atoms with van der Waals surface area (Å²) in [4.78, 5) is 28.9. The topological polar surface area (TPSA) is 58.6 Å². The van der Waals surface area contributed by atoms with Crippen molar-refractivity contribution in [3.8, 4) is 5.75 Å². The quantitative estimate of drug-likeness (QED) is 0.442. The van der Waals surface area contributed by atoms with E-state index in [2.05, 4.69) is 5.32 Å². The first-order valence-electron chi connectivity index (χ1n) is 11.7. The summed E-state index contributed by atoms with van der Waals surface area (Å²) in [7, 11) is 0. The fraction of sp³-hybridized carbons (Fsp3) is 0.133. The zero-order valence-electron chi connectivity index (χ0n) is 19.2. The van der Waals surface area contributed by atoms with E-state index in [1.807, 2.05) is 109 Å². The van der Waals surface area contributed by atoms with Crippen molar-refractivity contribution in [2.75, 3.05) is 11.4 Å². The van der Waals surface area contributed by atoms with Crippen LogP contribution in [0.1, 0.15) is 22.6 Å². The van der Waals surface area contributed by atoms with E-state index in [1.165, 1.54) is 0 Å². The minimum absolute atomic E-state index is 0.0981. The molecule has 0 spiro atoms. The lowest BCUT2D eigenvalue weighted by molar-refractivity contribution is -0.128. The summed E-state index contributed by atoms with van der Waals surface area (Å²) in [5, 5.41) is 2.95. The van der Waals surface area contributed by atoms with Crippen molar-refractivity contribution in [3.63, 3.8) is 0 Å². The third-order valence-corrected chi connectivity index (χ3v) is 6.15. The van der Waals surface area contributed by atoms with E-state index in [1.54, 1.807) is 11.0 Å². The Kier molecular flexibility index (Phi) is 6.57. The van der Waals surface area contributed by atoms with Crippen LogP contribution in [0.2, 0.25) is 0 Å². The second-order valence-corrected chi connectivity index (χ2v) is 8.48. The number of carbonyl (C=O) groups is 2. The summed E-state index contributed by atoms with van der Waals surface area (Å²) in [6, 6.07) is 36.6. The van der Waals surface area contributed by atoms with E-state index in [0.717, 1.165) is 16.7 Å². The van der Waals surface area contributed by atoms with Crippen molar-refractivity contribution in [1.29, 1.82) is 0 Å². The Labute approximate surface area is 205 Å². The number of ether oxygens (including phenoxy) is 1. The van der Waals surface area contributed by atoms with Crippen LogP contribution in [0.4, 0.5) is 5.69 Å². The molecule has 1 atom stereocenters. The first-order chi connectivity index (χ1) is 17.2. The molecule has 0 fully saturated rings. The highest BCUT2D eigenvalue weighted by atomic mass is 16.5. The SMILES string of the molecule is O=C(NCc1ccccc1)[C@@H]1CN(C(=O)C(c2ccccc2)c2ccccc2)c2ccccc2O1. The van der Waals surface area contributed by atoms with Crippen molar-refractivity contribution in [2.24, 2.45) is 0 Å². The maximum atomic E-state index is 14.1. The Bertz CT molecular complexity index is 1250. The Balaban J connectivity index is 1.45. The van der Waals surface area contributed by atoms with Crippen LogP contribution < -0.4 is 15.0 Å². The van der Waals surface area contributed by atoms with E-state index >= 15 is 0 Å². The first-order valence-corrected chi connectivity index (χ1v) is 11.7. The van der Waals surface area contributed by atoms with Gasteiger partial charge in [0, 0.05) is 6.54 Å². The largest absolute Gasteiger partial charge is 0.477 e. The molecule has 2 amide bonds. The van der Waals surface area contributed by atoms with Crippen LogP contribution in [0.3, 0.4) is 0 Å². The van der Waals surface area contributed by atoms with Crippen molar-refractivity contribution in [1.82, 2.24) is 5.32 Å². The van der Waals surface area contributed by atoms with Gasteiger partial charge in [0.1, 0.15) is 5.75 Å². The monoisotopic (exact) mass is 462 g/mol. The van der Waals surface area contributed by atoms with Gasteiger partial charge in [-0.25, -0.2) is 0 Å². The second kappa shape index (κ2) is 10.3. The molecule has 1 aliphatic rings. The number of carbonyl (C=O) groups excluding carboxylic acids is 2. The Morgan fingerprint density at radius 3 is 1.94 bits per heavy atom. The van der Waals surface area contributed by atoms with Gasteiger partial charge in [0.2, 0.25) is 5.91 Å². The molecule has 4 aromatic rings. The number of rotatable bonds is 6. The average Bonchev–Trinajstić information content (AvgIpc) is 2.93. The molecule has 174 valence electrons. The van der Waals surface area contributed by atoms with Gasteiger partial charge in [-0.15, -0.1) is 0 Å². The minimum atomic E-state index is -0.815. The van der Waals surface area contributed by atoms with Gasteiger partial charge < -0.3 is 15.0 Å². The van der Waals surface area contributed by atoms with E-state index in [0.29, 0.717) is 18.0 Å². The Hall–Kier alpha value is -4.38. The van der Waals surface area contributed by atoms with Gasteiger partial charge in [-0.05, 0) is 28.8 Å². The fourth-order valence-corrected chi connectivity index (χ4v) is 4.40. The molecule has 35 heavy (non-hydrogen) atoms. The number of nitrogens with one attached hydrogen (secondary N) is 1. The number of para-hydroxylation sites is 2. The molecule has 1 N–H and O–H groups in total. The molecule has 0 saturated heterocycles. The first kappa shape index (κ1) is 22.4. The number of fused-ring (bicyclic) bond motifs is 1. The van der Waals surface area contributed by atoms with Gasteiger partial charge in [0.25, 0.3) is 5.91 Å². The highest BCUT2D eigenvalue weighted by Crippen LogP contribution is 2.37. The number of benzene rings is 4. The van der Waals surface area contributed by atoms with Crippen LogP contribution in [-0.4, -0.2) is 24.5 Å². The highest BCUT2D eigenvalue weighted by molar-refractivity contribution is 6.02. The molecule has 1 aliphatic heterocycles. The molecule has 5 nitrogen and oxygen atoms in total. The third-order valence-electron chi connectivity index (χ3n) is 6.15. The molecule has 0 saturated carbocycles. The Morgan fingerprint density at radius 2 is 1.31 bits per heavy atom. The molecule has 4 aromatic carbocycles. The second-order valence-electron chi connectivity index (χ2n) is 8.48. The number of hydrogen-bond acceptors (Lipinski definition) is 3. The fourth-order valence-electron chi connectivity index (χ4n) is 4.40. The van der Waals surface area contributed by atoms with Crippen molar-refractivity contribution in [2.45, 2.75) is 18.6 Å². The van der Waals surface area contributed by atoms with Crippen LogP contribution >= 0.6 is 0 Å². The molecule has 5 rings (SSSR count). The molecular formula is C30H26N2O3. The molecule has 0 bridgehead atoms. The molecule has 0 aromatic heterocycles. The molecule has 5 heteroatoms. The zero-order valence-corrected chi connectivity index (χ0v) is 19.2. The standard InChI is InChI=1S/C30H26N2O3/c33-29(31-20-22-12-4-1-5-13-22)27-21-32(25-18-10-11-19-26(25)35-27)30(34)28(23-14-6-2-7-15-23)24-16-8-3-9-17-24/h1-19,27-28H,20-21H2,(H,31,33)/t27-/m0/s1. The average molecular weight is 463 g/mol. The van der Waals surface area contributed by atoms with E-state index in [-0.39, 0.29) is 18.4 Å². The Morgan fingerprint density at radius 1 is 0.771 bits per heavy atom.